The van der Waals surface area contributed by atoms with E-state index in [9.17, 15) is 10.1 Å². The first-order valence-electron chi connectivity index (χ1n) is 6.70. The van der Waals surface area contributed by atoms with Gasteiger partial charge in [0, 0.05) is 26.2 Å². The van der Waals surface area contributed by atoms with E-state index in [4.69, 9.17) is 21.1 Å². The van der Waals surface area contributed by atoms with Gasteiger partial charge in [-0.05, 0) is 24.2 Å². The summed E-state index contributed by atoms with van der Waals surface area (Å²) in [4.78, 5) is 10.3. The van der Waals surface area contributed by atoms with E-state index in [0.717, 1.165) is 25.7 Å². The highest BCUT2D eigenvalue weighted by Gasteiger charge is 2.41. The van der Waals surface area contributed by atoms with Crippen LogP contribution in [-0.4, -0.2) is 40.1 Å². The molecule has 110 valence electrons. The number of hydrogen-bond donors (Lipinski definition) is 0. The lowest BCUT2D eigenvalue weighted by Crippen LogP contribution is -2.44. The minimum absolute atomic E-state index is 0.0857. The van der Waals surface area contributed by atoms with Crippen LogP contribution in [0.5, 0.6) is 0 Å². The highest BCUT2D eigenvalue weighted by molar-refractivity contribution is 6.32. The molecule has 0 radical (unpaired) electrons. The SMILES string of the molecule is O=[N+]([O-])c1nn(C2CCOC3(CCOCC3)C2)cc1Cl. The van der Waals surface area contributed by atoms with E-state index < -0.39 is 4.92 Å². The first-order chi connectivity index (χ1) is 9.60. The van der Waals surface area contributed by atoms with Crippen LogP contribution in [0.1, 0.15) is 31.7 Å². The molecule has 3 rings (SSSR count). The Morgan fingerprint density at radius 3 is 2.85 bits per heavy atom. The maximum Gasteiger partial charge on any atom is 0.408 e. The highest BCUT2D eigenvalue weighted by atomic mass is 35.5. The van der Waals surface area contributed by atoms with Crippen molar-refractivity contribution >= 4 is 17.4 Å². The van der Waals surface area contributed by atoms with Gasteiger partial charge >= 0.3 is 5.82 Å². The van der Waals surface area contributed by atoms with Gasteiger partial charge in [0.25, 0.3) is 0 Å². The van der Waals surface area contributed by atoms with Gasteiger partial charge in [-0.25, -0.2) is 0 Å². The zero-order chi connectivity index (χ0) is 14.2. The Morgan fingerprint density at radius 2 is 2.20 bits per heavy atom. The van der Waals surface area contributed by atoms with Crippen LogP contribution in [0.4, 0.5) is 5.82 Å². The van der Waals surface area contributed by atoms with E-state index in [-0.39, 0.29) is 22.5 Å². The van der Waals surface area contributed by atoms with Crippen molar-refractivity contribution in [1.29, 1.82) is 0 Å². The molecule has 0 bridgehead atoms. The second-order valence-electron chi connectivity index (χ2n) is 5.33. The zero-order valence-electron chi connectivity index (χ0n) is 11.0. The van der Waals surface area contributed by atoms with E-state index in [0.29, 0.717) is 19.8 Å². The number of hydrogen-bond acceptors (Lipinski definition) is 5. The molecule has 1 aromatic heterocycles. The first kappa shape index (κ1) is 13.8. The van der Waals surface area contributed by atoms with Crippen molar-refractivity contribution in [2.45, 2.75) is 37.3 Å². The Bertz CT molecular complexity index is 507. The van der Waals surface area contributed by atoms with E-state index in [1.165, 1.54) is 0 Å². The molecule has 0 saturated carbocycles. The highest BCUT2D eigenvalue weighted by Crippen LogP contribution is 2.39. The second kappa shape index (κ2) is 5.31. The molecule has 1 aromatic rings. The standard InChI is InChI=1S/C12H16ClN3O4/c13-10-8-15(14-11(10)16(17)18)9-1-4-20-12(7-9)2-5-19-6-3-12/h8-9H,1-7H2. The van der Waals surface area contributed by atoms with E-state index in [1.807, 2.05) is 0 Å². The molecule has 0 aromatic carbocycles. The van der Waals surface area contributed by atoms with Crippen LogP contribution in [0, 0.1) is 10.1 Å². The average Bonchev–Trinajstić information content (AvgIpc) is 2.82. The molecule has 8 heteroatoms. The van der Waals surface area contributed by atoms with E-state index in [1.54, 1.807) is 10.9 Å². The lowest BCUT2D eigenvalue weighted by atomic mass is 9.84. The van der Waals surface area contributed by atoms with Crippen LogP contribution in [0.25, 0.3) is 0 Å². The Morgan fingerprint density at radius 1 is 1.45 bits per heavy atom. The molecule has 7 nitrogen and oxygen atoms in total. The monoisotopic (exact) mass is 301 g/mol. The van der Waals surface area contributed by atoms with Crippen molar-refractivity contribution in [3.8, 4) is 0 Å². The molecule has 2 saturated heterocycles. The third-order valence-corrected chi connectivity index (χ3v) is 4.35. The van der Waals surface area contributed by atoms with Crippen LogP contribution >= 0.6 is 11.6 Å². The summed E-state index contributed by atoms with van der Waals surface area (Å²) in [6, 6.07) is 0.0908. The second-order valence-corrected chi connectivity index (χ2v) is 5.74. The number of halogens is 1. The minimum Gasteiger partial charge on any atom is -0.381 e. The molecule has 0 amide bonds. The van der Waals surface area contributed by atoms with Gasteiger partial charge in [-0.15, -0.1) is 0 Å². The minimum atomic E-state index is -0.553. The van der Waals surface area contributed by atoms with Gasteiger partial charge < -0.3 is 19.6 Å². The van der Waals surface area contributed by atoms with Crippen LogP contribution in [0.15, 0.2) is 6.20 Å². The fourth-order valence-corrected chi connectivity index (χ4v) is 3.20. The van der Waals surface area contributed by atoms with Crippen molar-refractivity contribution in [2.24, 2.45) is 0 Å². The molecule has 2 fully saturated rings. The summed E-state index contributed by atoms with van der Waals surface area (Å²) in [6.45, 7) is 2.04. The van der Waals surface area contributed by atoms with Gasteiger partial charge in [0.2, 0.25) is 0 Å². The Labute approximate surface area is 120 Å². The van der Waals surface area contributed by atoms with Crippen molar-refractivity contribution in [1.82, 2.24) is 9.78 Å². The molecule has 2 aliphatic rings. The van der Waals surface area contributed by atoms with Gasteiger partial charge in [-0.3, -0.25) is 0 Å². The van der Waals surface area contributed by atoms with Gasteiger partial charge in [-0.1, -0.05) is 11.6 Å². The molecule has 0 N–H and O–H groups in total. The zero-order valence-corrected chi connectivity index (χ0v) is 11.7. The van der Waals surface area contributed by atoms with Gasteiger partial charge in [0.05, 0.1) is 22.9 Å². The Kier molecular flexibility index (Phi) is 3.66. The molecule has 1 spiro atoms. The van der Waals surface area contributed by atoms with Crippen LogP contribution in [0.3, 0.4) is 0 Å². The van der Waals surface area contributed by atoms with Crippen molar-refractivity contribution in [3.63, 3.8) is 0 Å². The topological polar surface area (TPSA) is 79.4 Å². The fraction of sp³-hybridized carbons (Fsp3) is 0.750. The third kappa shape index (κ3) is 2.53. The van der Waals surface area contributed by atoms with Gasteiger partial charge in [-0.2, -0.15) is 4.68 Å². The summed E-state index contributed by atoms with van der Waals surface area (Å²) in [5.41, 5.74) is -0.172. The average molecular weight is 302 g/mol. The van der Waals surface area contributed by atoms with E-state index >= 15 is 0 Å². The predicted octanol–water partition coefficient (Wildman–Crippen LogP) is 2.35. The van der Waals surface area contributed by atoms with E-state index in [2.05, 4.69) is 5.10 Å². The molecule has 1 atom stereocenters. The molecule has 1 unspecified atom stereocenters. The molecular weight excluding hydrogens is 286 g/mol. The molecule has 0 aliphatic carbocycles. The largest absolute Gasteiger partial charge is 0.408 e. The molecule has 2 aliphatic heterocycles. The van der Waals surface area contributed by atoms with Gasteiger partial charge in [0.1, 0.15) is 0 Å². The lowest BCUT2D eigenvalue weighted by Gasteiger charge is -2.42. The molecule has 3 heterocycles. The lowest BCUT2D eigenvalue weighted by molar-refractivity contribution is -0.389. The van der Waals surface area contributed by atoms with Gasteiger partial charge in [0.15, 0.2) is 5.02 Å². The van der Waals surface area contributed by atoms with Crippen LogP contribution in [0.2, 0.25) is 5.02 Å². The summed E-state index contributed by atoms with van der Waals surface area (Å²) in [5, 5.41) is 14.9. The first-order valence-corrected chi connectivity index (χ1v) is 7.08. The Hall–Kier alpha value is -1.18. The maximum atomic E-state index is 10.8. The summed E-state index contributed by atoms with van der Waals surface area (Å²) in [6.07, 6.45) is 4.85. The smallest absolute Gasteiger partial charge is 0.381 e. The summed E-state index contributed by atoms with van der Waals surface area (Å²) >= 11 is 5.86. The summed E-state index contributed by atoms with van der Waals surface area (Å²) < 4.78 is 13.0. The summed E-state index contributed by atoms with van der Waals surface area (Å²) in [7, 11) is 0. The van der Waals surface area contributed by atoms with Crippen LogP contribution < -0.4 is 0 Å². The number of ether oxygens (including phenoxy) is 2. The Balaban J connectivity index is 1.79. The van der Waals surface area contributed by atoms with Crippen molar-refractivity contribution in [3.05, 3.63) is 21.3 Å². The quantitative estimate of drug-likeness (QED) is 0.619. The van der Waals surface area contributed by atoms with Crippen LogP contribution in [-0.2, 0) is 9.47 Å². The number of nitrogens with zero attached hydrogens (tertiary/aromatic N) is 3. The fourth-order valence-electron chi connectivity index (χ4n) is 2.99. The maximum absolute atomic E-state index is 10.8. The number of rotatable bonds is 2. The molecular formula is C12H16ClN3O4. The molecule has 20 heavy (non-hydrogen) atoms. The number of aromatic nitrogens is 2. The van der Waals surface area contributed by atoms with Crippen molar-refractivity contribution < 1.29 is 14.4 Å². The third-order valence-electron chi connectivity index (χ3n) is 4.09. The predicted molar refractivity (Wildman–Crippen MR) is 70.9 cm³/mol. The van der Waals surface area contributed by atoms with Crippen molar-refractivity contribution in [2.75, 3.05) is 19.8 Å². The summed E-state index contributed by atoms with van der Waals surface area (Å²) in [5.74, 6) is -0.279. The number of nitro groups is 1. The normalized spacial score (nSPS) is 25.8.